The summed E-state index contributed by atoms with van der Waals surface area (Å²) in [6.45, 7) is 4.16. The molecule has 0 fully saturated rings. The Morgan fingerprint density at radius 1 is 1.27 bits per heavy atom. The van der Waals surface area contributed by atoms with Crippen molar-refractivity contribution in [1.29, 1.82) is 0 Å². The number of nitrogens with two attached hydrogens (primary N) is 1. The molecular weight excluding hydrogens is 498 g/mol. The Morgan fingerprint density at radius 3 is 2.73 bits per heavy atom. The van der Waals surface area contributed by atoms with Gasteiger partial charge in [-0.15, -0.1) is 0 Å². The zero-order valence-corrected chi connectivity index (χ0v) is 19.2. The van der Waals surface area contributed by atoms with Crippen LogP contribution in [-0.4, -0.2) is 31.5 Å². The van der Waals surface area contributed by atoms with Crippen LogP contribution in [0.5, 0.6) is 0 Å². The van der Waals surface area contributed by atoms with Crippen molar-refractivity contribution in [2.75, 3.05) is 5.73 Å². The van der Waals surface area contributed by atoms with Gasteiger partial charge in [0.15, 0.2) is 17.0 Å². The number of aromatic nitrogens is 4. The first-order valence-corrected chi connectivity index (χ1v) is 11.2. The quantitative estimate of drug-likeness (QED) is 0.383. The summed E-state index contributed by atoms with van der Waals surface area (Å²) in [7, 11) is 0. The molecule has 0 spiro atoms. The average molecular weight is 522 g/mol. The fourth-order valence-electron chi connectivity index (χ4n) is 3.97. The molecule has 1 aliphatic rings. The normalized spacial score (nSPS) is 13.2. The maximum Gasteiger partial charge on any atom is 0.312 e. The molecule has 0 saturated carbocycles. The van der Waals surface area contributed by atoms with Crippen LogP contribution in [0, 0.1) is 9.65 Å². The molecule has 2 aromatic heterocycles. The number of anilines is 1. The van der Waals surface area contributed by atoms with Crippen molar-refractivity contribution in [3.8, 4) is 0 Å². The molecular formula is C21H24FIN6O. The third-order valence-corrected chi connectivity index (χ3v) is 6.30. The second-order valence-electron chi connectivity index (χ2n) is 7.94. The summed E-state index contributed by atoms with van der Waals surface area (Å²) in [5.41, 5.74) is 10.6. The molecule has 0 atom stereocenters. The number of nitrogen functional groups attached to an aromatic ring is 1. The summed E-state index contributed by atoms with van der Waals surface area (Å²) in [4.78, 5) is 24.4. The Morgan fingerprint density at radius 2 is 2.00 bits per heavy atom. The molecule has 3 N–H and O–H groups in total. The van der Waals surface area contributed by atoms with E-state index in [9.17, 15) is 9.18 Å². The molecule has 2 heterocycles. The van der Waals surface area contributed by atoms with Gasteiger partial charge in [0.25, 0.3) is 0 Å². The fourth-order valence-corrected chi connectivity index (χ4v) is 4.69. The van der Waals surface area contributed by atoms with Crippen LogP contribution in [0.4, 0.5) is 10.2 Å². The van der Waals surface area contributed by atoms with E-state index in [4.69, 9.17) is 5.73 Å². The van der Waals surface area contributed by atoms with Crippen LogP contribution in [0.2, 0.25) is 0 Å². The first-order valence-electron chi connectivity index (χ1n) is 10.1. The minimum Gasteiger partial charge on any atom is -0.382 e. The van der Waals surface area contributed by atoms with Crippen LogP contribution in [0.1, 0.15) is 49.2 Å². The Hall–Kier alpha value is -2.30. The van der Waals surface area contributed by atoms with Gasteiger partial charge in [0.2, 0.25) is 5.91 Å². The molecule has 1 aliphatic carbocycles. The van der Waals surface area contributed by atoms with Crippen molar-refractivity contribution in [3.05, 3.63) is 44.3 Å². The summed E-state index contributed by atoms with van der Waals surface area (Å²) in [6.07, 6.45) is 3.29. The Bertz CT molecular complexity index is 1130. The lowest BCUT2D eigenvalue weighted by molar-refractivity contribution is -0.121. The molecule has 1 aromatic carbocycles. The topological polar surface area (TPSA) is 98.7 Å². The van der Waals surface area contributed by atoms with Crippen molar-refractivity contribution < 1.29 is 9.18 Å². The Kier molecular flexibility index (Phi) is 5.90. The standard InChI is InChI=1S/C21H24FIN6O/c1-11(2)25-17(30)6-7-29-16(26-18-19(24)27-21(22)28-20(18)29)10-14-8-12-4-3-5-13(12)9-15(14)23/h8-9,11H,3-7,10H2,1-2H3,(H,25,30)(H2,24,27,28). The number of amides is 1. The van der Waals surface area contributed by atoms with Gasteiger partial charge < -0.3 is 15.6 Å². The van der Waals surface area contributed by atoms with E-state index in [1.165, 1.54) is 21.1 Å². The van der Waals surface area contributed by atoms with Crippen LogP contribution in [0.3, 0.4) is 0 Å². The third kappa shape index (κ3) is 4.26. The minimum absolute atomic E-state index is 0.00721. The molecule has 0 unspecified atom stereocenters. The Labute approximate surface area is 187 Å². The first-order chi connectivity index (χ1) is 14.3. The molecule has 0 aliphatic heterocycles. The maximum atomic E-state index is 13.9. The largest absolute Gasteiger partial charge is 0.382 e. The van der Waals surface area contributed by atoms with Gasteiger partial charge >= 0.3 is 6.08 Å². The summed E-state index contributed by atoms with van der Waals surface area (Å²) >= 11 is 2.35. The van der Waals surface area contributed by atoms with Gasteiger partial charge in [0, 0.05) is 29.0 Å². The summed E-state index contributed by atoms with van der Waals surface area (Å²) in [6, 6.07) is 4.55. The number of benzene rings is 1. The monoisotopic (exact) mass is 522 g/mol. The number of fused-ring (bicyclic) bond motifs is 2. The number of nitrogens with one attached hydrogen (secondary N) is 1. The molecule has 0 radical (unpaired) electrons. The van der Waals surface area contributed by atoms with E-state index in [-0.39, 0.29) is 24.2 Å². The minimum atomic E-state index is -0.897. The molecule has 3 aromatic rings. The number of rotatable bonds is 6. The predicted octanol–water partition coefficient (Wildman–Crippen LogP) is 3.15. The smallest absolute Gasteiger partial charge is 0.312 e. The number of hydrogen-bond donors (Lipinski definition) is 2. The molecule has 0 bridgehead atoms. The fraction of sp³-hybridized carbons (Fsp3) is 0.429. The molecule has 158 valence electrons. The highest BCUT2D eigenvalue weighted by atomic mass is 127. The third-order valence-electron chi connectivity index (χ3n) is 5.29. The van der Waals surface area contributed by atoms with Crippen molar-refractivity contribution in [2.45, 2.75) is 58.5 Å². The van der Waals surface area contributed by atoms with Crippen molar-refractivity contribution in [2.24, 2.45) is 0 Å². The van der Waals surface area contributed by atoms with E-state index in [1.807, 2.05) is 13.8 Å². The number of imidazole rings is 1. The second kappa shape index (κ2) is 8.44. The zero-order valence-electron chi connectivity index (χ0n) is 17.0. The zero-order chi connectivity index (χ0) is 21.4. The summed E-state index contributed by atoms with van der Waals surface area (Å²) < 4.78 is 16.8. The van der Waals surface area contributed by atoms with Gasteiger partial charge in [-0.25, -0.2) is 4.98 Å². The van der Waals surface area contributed by atoms with Gasteiger partial charge in [-0.3, -0.25) is 4.79 Å². The molecule has 30 heavy (non-hydrogen) atoms. The lowest BCUT2D eigenvalue weighted by Gasteiger charge is -2.12. The first kappa shape index (κ1) is 21.0. The highest BCUT2D eigenvalue weighted by molar-refractivity contribution is 14.1. The molecule has 1 amide bonds. The van der Waals surface area contributed by atoms with E-state index >= 15 is 0 Å². The van der Waals surface area contributed by atoms with Gasteiger partial charge in [0.05, 0.1) is 0 Å². The lowest BCUT2D eigenvalue weighted by Crippen LogP contribution is -2.30. The SMILES string of the molecule is CC(C)NC(=O)CCn1c(Cc2cc3c(cc2I)CCC3)nc2c(N)nc(F)nc21. The highest BCUT2D eigenvalue weighted by Crippen LogP contribution is 2.29. The van der Waals surface area contributed by atoms with Gasteiger partial charge in [-0.05, 0) is 78.5 Å². The van der Waals surface area contributed by atoms with Crippen LogP contribution in [0.15, 0.2) is 12.1 Å². The van der Waals surface area contributed by atoms with Gasteiger partial charge in [-0.1, -0.05) is 6.07 Å². The van der Waals surface area contributed by atoms with Crippen molar-refractivity contribution in [3.63, 3.8) is 0 Å². The van der Waals surface area contributed by atoms with Crippen LogP contribution in [-0.2, 0) is 30.6 Å². The summed E-state index contributed by atoms with van der Waals surface area (Å²) in [5, 5.41) is 2.88. The predicted molar refractivity (Wildman–Crippen MR) is 122 cm³/mol. The van der Waals surface area contributed by atoms with E-state index in [2.05, 4.69) is 55.0 Å². The van der Waals surface area contributed by atoms with Crippen LogP contribution >= 0.6 is 22.6 Å². The van der Waals surface area contributed by atoms with Crippen molar-refractivity contribution in [1.82, 2.24) is 24.8 Å². The van der Waals surface area contributed by atoms with Crippen molar-refractivity contribution >= 4 is 45.5 Å². The Balaban J connectivity index is 1.71. The van der Waals surface area contributed by atoms with Crippen LogP contribution < -0.4 is 11.1 Å². The van der Waals surface area contributed by atoms with E-state index in [0.717, 1.165) is 18.4 Å². The van der Waals surface area contributed by atoms with Gasteiger partial charge in [0.1, 0.15) is 5.82 Å². The number of hydrogen-bond acceptors (Lipinski definition) is 5. The molecule has 9 heteroatoms. The number of halogens is 2. The average Bonchev–Trinajstić information content (AvgIpc) is 3.24. The maximum absolute atomic E-state index is 13.9. The van der Waals surface area contributed by atoms with E-state index in [1.54, 1.807) is 4.57 Å². The summed E-state index contributed by atoms with van der Waals surface area (Å²) in [5.74, 6) is 0.630. The van der Waals surface area contributed by atoms with Crippen LogP contribution in [0.25, 0.3) is 11.2 Å². The lowest BCUT2D eigenvalue weighted by atomic mass is 10.0. The highest BCUT2D eigenvalue weighted by Gasteiger charge is 2.20. The van der Waals surface area contributed by atoms with E-state index < -0.39 is 6.08 Å². The second-order valence-corrected chi connectivity index (χ2v) is 9.11. The number of aryl methyl sites for hydroxylation is 3. The molecule has 0 saturated heterocycles. The number of nitrogens with zero attached hydrogens (tertiary/aromatic N) is 4. The number of carbonyl (C=O) groups excluding carboxylic acids is 1. The molecule has 4 rings (SSSR count). The molecule has 7 nitrogen and oxygen atoms in total. The number of carbonyl (C=O) groups is 1. The van der Waals surface area contributed by atoms with E-state index in [0.29, 0.717) is 30.0 Å². The van der Waals surface area contributed by atoms with Gasteiger partial charge in [-0.2, -0.15) is 14.4 Å².